The van der Waals surface area contributed by atoms with Gasteiger partial charge in [-0.1, -0.05) is 42.0 Å². The number of hydrogen-bond donors (Lipinski definition) is 2. The Hall–Kier alpha value is -2.53. The van der Waals surface area contributed by atoms with Gasteiger partial charge in [0, 0.05) is 16.6 Å². The van der Waals surface area contributed by atoms with Crippen molar-refractivity contribution in [3.63, 3.8) is 0 Å². The van der Waals surface area contributed by atoms with Gasteiger partial charge in [-0.05, 0) is 54.8 Å². The Morgan fingerprint density at radius 1 is 1.19 bits per heavy atom. The van der Waals surface area contributed by atoms with Crippen LogP contribution in [-0.2, 0) is 10.0 Å². The van der Waals surface area contributed by atoms with E-state index in [-0.39, 0.29) is 9.47 Å². The molecule has 0 aliphatic rings. The average Bonchev–Trinajstić information content (AvgIpc) is 3.22. The molecule has 0 spiro atoms. The number of nitrogens with zero attached hydrogens (tertiary/aromatic N) is 2. The molecule has 0 saturated carbocycles. The standard InChI is InChI=1S/C20H21ClN4O4S2/c1-4-16(14-7-10-17(29-3)12(2)11-14)25-31(27,28)20-24-23-19(30-20)22-18(26)13-5-8-15(21)9-6-13/h5-11,16,25H,4H2,1-3H3,(H,22,23,26)/t16-/m0/s1. The van der Waals surface area contributed by atoms with Crippen LogP contribution in [0.3, 0.4) is 0 Å². The minimum Gasteiger partial charge on any atom is -0.496 e. The molecule has 31 heavy (non-hydrogen) atoms. The van der Waals surface area contributed by atoms with Gasteiger partial charge in [-0.25, -0.2) is 13.1 Å². The monoisotopic (exact) mass is 480 g/mol. The van der Waals surface area contributed by atoms with E-state index >= 15 is 0 Å². The van der Waals surface area contributed by atoms with Crippen LogP contribution in [0, 0.1) is 6.92 Å². The Morgan fingerprint density at radius 2 is 1.90 bits per heavy atom. The Morgan fingerprint density at radius 3 is 2.52 bits per heavy atom. The lowest BCUT2D eigenvalue weighted by molar-refractivity contribution is 0.102. The molecule has 0 bridgehead atoms. The number of methoxy groups -OCH3 is 1. The molecule has 0 saturated heterocycles. The summed E-state index contributed by atoms with van der Waals surface area (Å²) in [4.78, 5) is 12.3. The molecular formula is C20H21ClN4O4S2. The molecule has 1 amide bonds. The van der Waals surface area contributed by atoms with E-state index < -0.39 is 22.0 Å². The van der Waals surface area contributed by atoms with Crippen molar-refractivity contribution in [1.29, 1.82) is 0 Å². The van der Waals surface area contributed by atoms with Gasteiger partial charge in [0.2, 0.25) is 9.47 Å². The normalized spacial score (nSPS) is 12.4. The largest absolute Gasteiger partial charge is 0.496 e. The van der Waals surface area contributed by atoms with Crippen molar-refractivity contribution < 1.29 is 17.9 Å². The zero-order chi connectivity index (χ0) is 22.6. The maximum atomic E-state index is 12.8. The average molecular weight is 481 g/mol. The van der Waals surface area contributed by atoms with Crippen molar-refractivity contribution in [3.8, 4) is 5.75 Å². The Kier molecular flexibility index (Phi) is 7.26. The lowest BCUT2D eigenvalue weighted by atomic mass is 10.0. The molecule has 0 radical (unpaired) electrons. The predicted octanol–water partition coefficient (Wildman–Crippen LogP) is 4.19. The van der Waals surface area contributed by atoms with Crippen molar-refractivity contribution >= 4 is 44.0 Å². The molecule has 0 aliphatic carbocycles. The summed E-state index contributed by atoms with van der Waals surface area (Å²) in [6, 6.07) is 11.3. The van der Waals surface area contributed by atoms with Gasteiger partial charge in [0.15, 0.2) is 0 Å². The van der Waals surface area contributed by atoms with Gasteiger partial charge in [0.05, 0.1) is 7.11 Å². The molecule has 1 atom stereocenters. The number of hydrogen-bond acceptors (Lipinski definition) is 7. The van der Waals surface area contributed by atoms with Crippen LogP contribution < -0.4 is 14.8 Å². The van der Waals surface area contributed by atoms with Gasteiger partial charge < -0.3 is 4.74 Å². The topological polar surface area (TPSA) is 110 Å². The number of aryl methyl sites for hydroxylation is 1. The van der Waals surface area contributed by atoms with E-state index in [0.29, 0.717) is 17.0 Å². The predicted molar refractivity (Wildman–Crippen MR) is 120 cm³/mol. The van der Waals surface area contributed by atoms with Gasteiger partial charge in [-0.15, -0.1) is 10.2 Å². The number of nitrogens with one attached hydrogen (secondary N) is 2. The lowest BCUT2D eigenvalue weighted by Gasteiger charge is -2.17. The van der Waals surface area contributed by atoms with E-state index in [1.165, 1.54) is 0 Å². The number of anilines is 1. The number of ether oxygens (including phenoxy) is 1. The first-order valence-corrected chi connectivity index (χ1v) is 12.0. The zero-order valence-corrected chi connectivity index (χ0v) is 19.4. The summed E-state index contributed by atoms with van der Waals surface area (Å²) in [5, 5.41) is 10.6. The van der Waals surface area contributed by atoms with E-state index in [2.05, 4.69) is 20.2 Å². The third-order valence-corrected chi connectivity index (χ3v) is 7.42. The highest BCUT2D eigenvalue weighted by Gasteiger charge is 2.25. The highest BCUT2D eigenvalue weighted by atomic mass is 35.5. The van der Waals surface area contributed by atoms with Gasteiger partial charge in [-0.2, -0.15) is 0 Å². The Labute approximate surface area is 189 Å². The smallest absolute Gasteiger partial charge is 0.270 e. The van der Waals surface area contributed by atoms with Gasteiger partial charge >= 0.3 is 0 Å². The summed E-state index contributed by atoms with van der Waals surface area (Å²) >= 11 is 6.59. The molecule has 1 aromatic heterocycles. The highest BCUT2D eigenvalue weighted by molar-refractivity contribution is 7.91. The lowest BCUT2D eigenvalue weighted by Crippen LogP contribution is -2.28. The van der Waals surface area contributed by atoms with Crippen molar-refractivity contribution in [1.82, 2.24) is 14.9 Å². The molecule has 1 heterocycles. The van der Waals surface area contributed by atoms with Gasteiger partial charge in [-0.3, -0.25) is 10.1 Å². The maximum absolute atomic E-state index is 12.8. The fourth-order valence-electron chi connectivity index (χ4n) is 2.88. The highest BCUT2D eigenvalue weighted by Crippen LogP contribution is 2.27. The quantitative estimate of drug-likeness (QED) is 0.468. The molecule has 3 aromatic rings. The zero-order valence-electron chi connectivity index (χ0n) is 17.0. The summed E-state index contributed by atoms with van der Waals surface area (Å²) < 4.78 is 33.4. The summed E-state index contributed by atoms with van der Waals surface area (Å²) in [6.45, 7) is 3.77. The van der Waals surface area contributed by atoms with Crippen LogP contribution in [0.15, 0.2) is 46.8 Å². The van der Waals surface area contributed by atoms with E-state index in [4.69, 9.17) is 16.3 Å². The van der Waals surface area contributed by atoms with Gasteiger partial charge in [0.1, 0.15) is 5.75 Å². The molecule has 164 valence electrons. The SMILES string of the molecule is CC[C@H](NS(=O)(=O)c1nnc(NC(=O)c2ccc(Cl)cc2)s1)c1ccc(OC)c(C)c1. The third kappa shape index (κ3) is 5.59. The third-order valence-electron chi connectivity index (χ3n) is 4.49. The first-order valence-electron chi connectivity index (χ1n) is 9.30. The minimum atomic E-state index is -3.94. The number of carbonyl (C=O) groups is 1. The molecular weight excluding hydrogens is 460 g/mol. The molecule has 0 aliphatic heterocycles. The summed E-state index contributed by atoms with van der Waals surface area (Å²) in [6.07, 6.45) is 0.532. The molecule has 2 N–H and O–H groups in total. The minimum absolute atomic E-state index is 0.0775. The number of aromatic nitrogens is 2. The van der Waals surface area contributed by atoms with Crippen LogP contribution in [0.1, 0.15) is 40.9 Å². The molecule has 2 aromatic carbocycles. The molecule has 3 rings (SSSR count). The van der Waals surface area contributed by atoms with Gasteiger partial charge in [0.25, 0.3) is 15.9 Å². The first kappa shape index (κ1) is 23.1. The van der Waals surface area contributed by atoms with E-state index in [1.54, 1.807) is 37.4 Å². The van der Waals surface area contributed by atoms with Crippen molar-refractivity contribution in [3.05, 3.63) is 64.2 Å². The second-order valence-corrected chi connectivity index (χ2v) is 9.95. The van der Waals surface area contributed by atoms with Crippen molar-refractivity contribution in [2.75, 3.05) is 12.4 Å². The van der Waals surface area contributed by atoms with Crippen LogP contribution >= 0.6 is 22.9 Å². The molecule has 0 unspecified atom stereocenters. The summed E-state index contributed by atoms with van der Waals surface area (Å²) in [5.41, 5.74) is 2.08. The Bertz CT molecular complexity index is 1180. The van der Waals surface area contributed by atoms with Crippen LogP contribution in [0.2, 0.25) is 5.02 Å². The number of rotatable bonds is 8. The fraction of sp³-hybridized carbons (Fsp3) is 0.250. The summed E-state index contributed by atoms with van der Waals surface area (Å²) in [5.74, 6) is 0.288. The number of amides is 1. The van der Waals surface area contributed by atoms with Crippen LogP contribution in [0.5, 0.6) is 5.75 Å². The number of halogens is 1. The van der Waals surface area contributed by atoms with E-state index in [9.17, 15) is 13.2 Å². The maximum Gasteiger partial charge on any atom is 0.270 e. The van der Waals surface area contributed by atoms with Crippen molar-refractivity contribution in [2.24, 2.45) is 0 Å². The molecule has 0 fully saturated rings. The van der Waals surface area contributed by atoms with E-state index in [1.807, 2.05) is 26.0 Å². The number of sulfonamides is 1. The second-order valence-electron chi connectivity index (χ2n) is 6.65. The first-order chi connectivity index (χ1) is 14.7. The Balaban J connectivity index is 1.74. The number of benzene rings is 2. The molecule has 11 heteroatoms. The van der Waals surface area contributed by atoms with Crippen LogP contribution in [0.25, 0.3) is 0 Å². The van der Waals surface area contributed by atoms with Crippen molar-refractivity contribution in [2.45, 2.75) is 30.6 Å². The van der Waals surface area contributed by atoms with Crippen LogP contribution in [-0.4, -0.2) is 31.6 Å². The number of carbonyl (C=O) groups excluding carboxylic acids is 1. The van der Waals surface area contributed by atoms with E-state index in [0.717, 1.165) is 28.2 Å². The molecule has 8 nitrogen and oxygen atoms in total. The second kappa shape index (κ2) is 9.73. The van der Waals surface area contributed by atoms with Crippen LogP contribution in [0.4, 0.5) is 5.13 Å². The fourth-order valence-corrected chi connectivity index (χ4v) is 5.23. The summed E-state index contributed by atoms with van der Waals surface area (Å²) in [7, 11) is -2.35.